The minimum absolute atomic E-state index is 0.00650. The monoisotopic (exact) mass is 465 g/mol. The number of hydrogen-bond donors (Lipinski definition) is 0. The maximum Gasteiger partial charge on any atom is 0.225 e. The van der Waals surface area contributed by atoms with Crippen molar-refractivity contribution < 1.29 is 19.1 Å². The van der Waals surface area contributed by atoms with Crippen LogP contribution >= 0.6 is 11.6 Å². The summed E-state index contributed by atoms with van der Waals surface area (Å²) in [5.74, 6) is 0.797. The SMILES string of the molecule is CCC(CC)C(=O)N1CCOC(COc2cccc(Cl)c2)(CC(=O)N2CCN(C)CC2)C1. The molecule has 0 aliphatic carbocycles. The average molecular weight is 466 g/mol. The molecular weight excluding hydrogens is 430 g/mol. The van der Waals surface area contributed by atoms with Crippen LogP contribution in [0.1, 0.15) is 33.1 Å². The highest BCUT2D eigenvalue weighted by Gasteiger charge is 2.43. The van der Waals surface area contributed by atoms with E-state index in [2.05, 4.69) is 11.9 Å². The number of ether oxygens (including phenoxy) is 2. The van der Waals surface area contributed by atoms with Crippen LogP contribution in [-0.4, -0.2) is 91.6 Å². The van der Waals surface area contributed by atoms with Crippen molar-refractivity contribution in [3.8, 4) is 5.75 Å². The zero-order chi connectivity index (χ0) is 23.1. The highest BCUT2D eigenvalue weighted by Crippen LogP contribution is 2.28. The fourth-order valence-electron chi connectivity index (χ4n) is 4.39. The minimum Gasteiger partial charge on any atom is -0.490 e. The smallest absolute Gasteiger partial charge is 0.225 e. The Bertz CT molecular complexity index is 780. The topological polar surface area (TPSA) is 62.3 Å². The number of likely N-dealkylation sites (N-methyl/N-ethyl adjacent to an activating group) is 1. The molecule has 1 unspecified atom stereocenters. The molecule has 1 aromatic rings. The molecule has 2 heterocycles. The van der Waals surface area contributed by atoms with Crippen molar-refractivity contribution in [3.63, 3.8) is 0 Å². The predicted octanol–water partition coefficient (Wildman–Crippen LogP) is 2.92. The maximum absolute atomic E-state index is 13.2. The summed E-state index contributed by atoms with van der Waals surface area (Å²) in [5.41, 5.74) is -0.886. The van der Waals surface area contributed by atoms with Gasteiger partial charge in [0.1, 0.15) is 18.0 Å². The molecule has 0 radical (unpaired) electrons. The number of benzene rings is 1. The van der Waals surface area contributed by atoms with Gasteiger partial charge < -0.3 is 24.2 Å². The molecule has 2 amide bonds. The van der Waals surface area contributed by atoms with E-state index in [1.54, 1.807) is 12.1 Å². The molecule has 8 heteroatoms. The van der Waals surface area contributed by atoms with Crippen molar-refractivity contribution in [2.75, 3.05) is 59.5 Å². The van der Waals surface area contributed by atoms with Crippen molar-refractivity contribution in [2.45, 2.75) is 38.7 Å². The highest BCUT2D eigenvalue weighted by molar-refractivity contribution is 6.30. The van der Waals surface area contributed by atoms with Crippen molar-refractivity contribution >= 4 is 23.4 Å². The summed E-state index contributed by atoms with van der Waals surface area (Å²) in [6.45, 7) is 8.67. The van der Waals surface area contributed by atoms with E-state index >= 15 is 0 Å². The van der Waals surface area contributed by atoms with Crippen LogP contribution in [0.15, 0.2) is 24.3 Å². The van der Waals surface area contributed by atoms with Crippen molar-refractivity contribution in [2.24, 2.45) is 5.92 Å². The van der Waals surface area contributed by atoms with Gasteiger partial charge in [-0.15, -0.1) is 0 Å². The van der Waals surface area contributed by atoms with Gasteiger partial charge in [0.05, 0.1) is 19.6 Å². The van der Waals surface area contributed by atoms with E-state index in [9.17, 15) is 9.59 Å². The fraction of sp³-hybridized carbons (Fsp3) is 0.667. The van der Waals surface area contributed by atoms with E-state index < -0.39 is 5.60 Å². The molecule has 0 N–H and O–H groups in total. The zero-order valence-corrected chi connectivity index (χ0v) is 20.3. The van der Waals surface area contributed by atoms with Gasteiger partial charge in [0, 0.05) is 43.7 Å². The number of carbonyl (C=O) groups is 2. The van der Waals surface area contributed by atoms with Gasteiger partial charge in [0.2, 0.25) is 11.8 Å². The molecule has 1 aromatic carbocycles. The van der Waals surface area contributed by atoms with Crippen LogP contribution in [0.2, 0.25) is 5.02 Å². The second kappa shape index (κ2) is 11.3. The summed E-state index contributed by atoms with van der Waals surface area (Å²) >= 11 is 6.10. The van der Waals surface area contributed by atoms with E-state index in [-0.39, 0.29) is 30.8 Å². The average Bonchev–Trinajstić information content (AvgIpc) is 2.79. The first-order chi connectivity index (χ1) is 15.4. The lowest BCUT2D eigenvalue weighted by Crippen LogP contribution is -2.59. The molecule has 0 saturated carbocycles. The van der Waals surface area contributed by atoms with Crippen LogP contribution < -0.4 is 4.74 Å². The van der Waals surface area contributed by atoms with Gasteiger partial charge in [-0.25, -0.2) is 0 Å². The molecule has 2 fully saturated rings. The number of halogens is 1. The number of morpholine rings is 1. The molecule has 2 saturated heterocycles. The van der Waals surface area contributed by atoms with Crippen LogP contribution in [0, 0.1) is 5.92 Å². The lowest BCUT2D eigenvalue weighted by Gasteiger charge is -2.44. The minimum atomic E-state index is -0.886. The van der Waals surface area contributed by atoms with E-state index in [0.717, 1.165) is 25.9 Å². The largest absolute Gasteiger partial charge is 0.490 e. The molecule has 2 aliphatic heterocycles. The zero-order valence-electron chi connectivity index (χ0n) is 19.5. The second-order valence-corrected chi connectivity index (χ2v) is 9.35. The summed E-state index contributed by atoms with van der Waals surface area (Å²) in [7, 11) is 2.06. The Morgan fingerprint density at radius 3 is 2.50 bits per heavy atom. The van der Waals surface area contributed by atoms with Crippen LogP contribution in [0.4, 0.5) is 0 Å². The fourth-order valence-corrected chi connectivity index (χ4v) is 4.57. The predicted molar refractivity (Wildman–Crippen MR) is 125 cm³/mol. The Balaban J connectivity index is 1.76. The lowest BCUT2D eigenvalue weighted by molar-refractivity contribution is -0.168. The first kappa shape index (κ1) is 24.8. The maximum atomic E-state index is 13.2. The third kappa shape index (κ3) is 6.36. The van der Waals surface area contributed by atoms with E-state index in [1.807, 2.05) is 35.8 Å². The highest BCUT2D eigenvalue weighted by atomic mass is 35.5. The molecule has 178 valence electrons. The van der Waals surface area contributed by atoms with Crippen LogP contribution in [0.25, 0.3) is 0 Å². The number of piperazine rings is 1. The van der Waals surface area contributed by atoms with Crippen LogP contribution in [0.3, 0.4) is 0 Å². The molecule has 3 rings (SSSR count). The number of hydrogen-bond acceptors (Lipinski definition) is 5. The molecule has 0 bridgehead atoms. The summed E-state index contributed by atoms with van der Waals surface area (Å²) in [6.07, 6.45) is 1.79. The van der Waals surface area contributed by atoms with Crippen molar-refractivity contribution in [1.29, 1.82) is 0 Å². The van der Waals surface area contributed by atoms with Crippen LogP contribution in [-0.2, 0) is 14.3 Å². The normalized spacial score (nSPS) is 22.3. The van der Waals surface area contributed by atoms with E-state index in [0.29, 0.717) is 43.6 Å². The Kier molecular flexibility index (Phi) is 8.79. The van der Waals surface area contributed by atoms with Crippen molar-refractivity contribution in [3.05, 3.63) is 29.3 Å². The number of carbonyl (C=O) groups excluding carboxylic acids is 2. The summed E-state index contributed by atoms with van der Waals surface area (Å²) < 4.78 is 12.3. The van der Waals surface area contributed by atoms with Gasteiger partial charge >= 0.3 is 0 Å². The van der Waals surface area contributed by atoms with Gasteiger partial charge in [0.15, 0.2) is 0 Å². The second-order valence-electron chi connectivity index (χ2n) is 8.91. The standard InChI is InChI=1S/C24H36ClN3O4/c1-4-19(5-2)23(30)28-13-14-32-24(17-28,18-31-21-8-6-7-20(25)15-21)16-22(29)27-11-9-26(3)10-12-27/h6-8,15,19H,4-5,9-14,16-18H2,1-3H3. The molecule has 0 spiro atoms. The van der Waals surface area contributed by atoms with Gasteiger partial charge in [-0.3, -0.25) is 9.59 Å². The number of nitrogens with zero attached hydrogens (tertiary/aromatic N) is 3. The Labute approximate surface area is 196 Å². The first-order valence-corrected chi connectivity index (χ1v) is 12.0. The quantitative estimate of drug-likeness (QED) is 0.590. The van der Waals surface area contributed by atoms with Gasteiger partial charge in [-0.2, -0.15) is 0 Å². The van der Waals surface area contributed by atoms with Gasteiger partial charge in [-0.05, 0) is 38.1 Å². The first-order valence-electron chi connectivity index (χ1n) is 11.6. The third-order valence-electron chi connectivity index (χ3n) is 6.52. The molecule has 2 aliphatic rings. The van der Waals surface area contributed by atoms with Crippen molar-refractivity contribution in [1.82, 2.24) is 14.7 Å². The number of amides is 2. The lowest BCUT2D eigenvalue weighted by atomic mass is 9.94. The van der Waals surface area contributed by atoms with Crippen LogP contribution in [0.5, 0.6) is 5.75 Å². The molecule has 0 aromatic heterocycles. The molecule has 1 atom stereocenters. The Morgan fingerprint density at radius 1 is 1.12 bits per heavy atom. The summed E-state index contributed by atoms with van der Waals surface area (Å²) in [5, 5.41) is 0.583. The molecule has 7 nitrogen and oxygen atoms in total. The Morgan fingerprint density at radius 2 is 1.84 bits per heavy atom. The molecule has 32 heavy (non-hydrogen) atoms. The Hall–Kier alpha value is -1.83. The van der Waals surface area contributed by atoms with E-state index in [1.165, 1.54) is 0 Å². The molecular formula is C24H36ClN3O4. The van der Waals surface area contributed by atoms with Gasteiger partial charge in [-0.1, -0.05) is 31.5 Å². The van der Waals surface area contributed by atoms with E-state index in [4.69, 9.17) is 21.1 Å². The number of rotatable bonds is 8. The summed E-state index contributed by atoms with van der Waals surface area (Å²) in [4.78, 5) is 32.3. The van der Waals surface area contributed by atoms with Gasteiger partial charge in [0.25, 0.3) is 0 Å². The third-order valence-corrected chi connectivity index (χ3v) is 6.76. The summed E-state index contributed by atoms with van der Waals surface area (Å²) in [6, 6.07) is 7.18.